The van der Waals surface area contributed by atoms with Crippen molar-refractivity contribution in [1.82, 2.24) is 9.80 Å². The van der Waals surface area contributed by atoms with Gasteiger partial charge in [0, 0.05) is 45.9 Å². The van der Waals surface area contributed by atoms with Gasteiger partial charge in [0.25, 0.3) is 0 Å². The van der Waals surface area contributed by atoms with Gasteiger partial charge < -0.3 is 20.1 Å². The predicted molar refractivity (Wildman–Crippen MR) is 74.1 cm³/mol. The van der Waals surface area contributed by atoms with Crippen LogP contribution < -0.4 is 5.73 Å². The molecule has 6 heteroatoms. The van der Waals surface area contributed by atoms with Crippen LogP contribution in [0.2, 0.25) is 0 Å². The number of rotatable bonds is 4. The normalized spacial score (nSPS) is 21.5. The second-order valence-corrected chi connectivity index (χ2v) is 5.84. The van der Waals surface area contributed by atoms with Crippen molar-refractivity contribution in [2.75, 3.05) is 46.4 Å². The van der Waals surface area contributed by atoms with E-state index in [2.05, 4.69) is 4.90 Å². The molecule has 1 rings (SSSR count). The van der Waals surface area contributed by atoms with E-state index in [1.807, 2.05) is 20.8 Å². The zero-order valence-corrected chi connectivity index (χ0v) is 12.5. The van der Waals surface area contributed by atoms with E-state index < -0.39 is 5.60 Å². The third kappa shape index (κ3) is 5.34. The monoisotopic (exact) mass is 273 g/mol. The molecule has 1 amide bonds. The maximum absolute atomic E-state index is 12.0. The van der Waals surface area contributed by atoms with Crippen LogP contribution in [0.1, 0.15) is 20.8 Å². The first kappa shape index (κ1) is 16.2. The topological polar surface area (TPSA) is 68.0 Å². The van der Waals surface area contributed by atoms with Gasteiger partial charge in [0.2, 0.25) is 0 Å². The van der Waals surface area contributed by atoms with E-state index in [1.165, 1.54) is 0 Å². The van der Waals surface area contributed by atoms with E-state index in [1.54, 1.807) is 12.0 Å². The fourth-order valence-corrected chi connectivity index (χ4v) is 2.11. The van der Waals surface area contributed by atoms with E-state index in [9.17, 15) is 4.79 Å². The molecular weight excluding hydrogens is 246 g/mol. The number of nitrogens with two attached hydrogens (primary N) is 1. The first-order valence-corrected chi connectivity index (χ1v) is 6.78. The van der Waals surface area contributed by atoms with Gasteiger partial charge in [0.05, 0.1) is 6.61 Å². The Morgan fingerprint density at radius 3 is 2.58 bits per heavy atom. The van der Waals surface area contributed by atoms with Crippen LogP contribution in [0.4, 0.5) is 4.79 Å². The maximum atomic E-state index is 12.0. The Balaban J connectivity index is 2.51. The molecule has 0 aliphatic carbocycles. The second-order valence-electron chi connectivity index (χ2n) is 5.84. The van der Waals surface area contributed by atoms with Crippen LogP contribution in [0.15, 0.2) is 0 Å². The van der Waals surface area contributed by atoms with Gasteiger partial charge in [0.15, 0.2) is 0 Å². The number of carbonyl (C=O) groups excluding carboxylic acids is 1. The molecule has 1 unspecified atom stereocenters. The average molecular weight is 273 g/mol. The Hall–Kier alpha value is -0.850. The van der Waals surface area contributed by atoms with Crippen molar-refractivity contribution in [3.05, 3.63) is 0 Å². The van der Waals surface area contributed by atoms with E-state index in [-0.39, 0.29) is 12.1 Å². The Morgan fingerprint density at radius 1 is 1.37 bits per heavy atom. The molecule has 0 aromatic carbocycles. The molecule has 1 atom stereocenters. The third-order valence-corrected chi connectivity index (χ3v) is 3.11. The van der Waals surface area contributed by atoms with Crippen molar-refractivity contribution < 1.29 is 14.3 Å². The summed E-state index contributed by atoms with van der Waals surface area (Å²) in [4.78, 5) is 16.0. The number of hydrogen-bond acceptors (Lipinski definition) is 5. The minimum Gasteiger partial charge on any atom is -0.444 e. The van der Waals surface area contributed by atoms with E-state index >= 15 is 0 Å². The molecule has 1 heterocycles. The quantitative estimate of drug-likeness (QED) is 0.808. The lowest BCUT2D eigenvalue weighted by Crippen LogP contribution is -2.58. The highest BCUT2D eigenvalue weighted by atomic mass is 16.6. The Morgan fingerprint density at radius 2 is 2.05 bits per heavy atom. The SMILES string of the molecule is COCCN1CCN(C(=O)OC(C)(C)C)CC1CN. The third-order valence-electron chi connectivity index (χ3n) is 3.11. The first-order chi connectivity index (χ1) is 8.87. The summed E-state index contributed by atoms with van der Waals surface area (Å²) in [5.41, 5.74) is 5.34. The molecule has 0 saturated carbocycles. The van der Waals surface area contributed by atoms with Gasteiger partial charge in [-0.1, -0.05) is 0 Å². The van der Waals surface area contributed by atoms with Crippen molar-refractivity contribution in [2.45, 2.75) is 32.4 Å². The molecule has 1 aliphatic heterocycles. The largest absolute Gasteiger partial charge is 0.444 e. The smallest absolute Gasteiger partial charge is 0.410 e. The number of ether oxygens (including phenoxy) is 2. The molecule has 0 bridgehead atoms. The molecule has 1 aliphatic rings. The van der Waals surface area contributed by atoms with Crippen LogP contribution in [0.3, 0.4) is 0 Å². The van der Waals surface area contributed by atoms with Crippen LogP contribution in [-0.2, 0) is 9.47 Å². The number of amides is 1. The van der Waals surface area contributed by atoms with Crippen molar-refractivity contribution >= 4 is 6.09 Å². The van der Waals surface area contributed by atoms with Gasteiger partial charge in [-0.2, -0.15) is 0 Å². The molecule has 0 aromatic rings. The van der Waals surface area contributed by atoms with Crippen molar-refractivity contribution in [3.63, 3.8) is 0 Å². The average Bonchev–Trinajstić information content (AvgIpc) is 2.34. The number of hydrogen-bond donors (Lipinski definition) is 1. The van der Waals surface area contributed by atoms with E-state index in [4.69, 9.17) is 15.2 Å². The van der Waals surface area contributed by atoms with Crippen LogP contribution >= 0.6 is 0 Å². The Labute approximate surface area is 115 Å². The summed E-state index contributed by atoms with van der Waals surface area (Å²) in [5.74, 6) is 0. The summed E-state index contributed by atoms with van der Waals surface area (Å²) < 4.78 is 10.5. The molecule has 0 spiro atoms. The highest BCUT2D eigenvalue weighted by Gasteiger charge is 2.30. The molecule has 1 saturated heterocycles. The van der Waals surface area contributed by atoms with Gasteiger partial charge in [-0.25, -0.2) is 4.79 Å². The van der Waals surface area contributed by atoms with Crippen LogP contribution in [0.5, 0.6) is 0 Å². The molecule has 0 radical (unpaired) electrons. The molecule has 112 valence electrons. The highest BCUT2D eigenvalue weighted by Crippen LogP contribution is 2.14. The second kappa shape index (κ2) is 7.07. The number of methoxy groups -OCH3 is 1. The highest BCUT2D eigenvalue weighted by molar-refractivity contribution is 5.68. The Bertz CT molecular complexity index is 291. The first-order valence-electron chi connectivity index (χ1n) is 6.78. The summed E-state index contributed by atoms with van der Waals surface area (Å²) >= 11 is 0. The summed E-state index contributed by atoms with van der Waals surface area (Å²) in [5, 5.41) is 0. The van der Waals surface area contributed by atoms with Gasteiger partial charge in [-0.3, -0.25) is 4.90 Å². The summed E-state index contributed by atoms with van der Waals surface area (Å²) in [7, 11) is 1.69. The molecular formula is C13H27N3O3. The fourth-order valence-electron chi connectivity index (χ4n) is 2.11. The van der Waals surface area contributed by atoms with Crippen LogP contribution in [0, 0.1) is 0 Å². The standard InChI is InChI=1S/C13H27N3O3/c1-13(2,3)19-12(17)16-6-5-15(7-8-18-4)11(9-14)10-16/h11H,5-10,14H2,1-4H3. The maximum Gasteiger partial charge on any atom is 0.410 e. The van der Waals surface area contributed by atoms with E-state index in [0.717, 1.165) is 13.1 Å². The zero-order chi connectivity index (χ0) is 14.5. The minimum absolute atomic E-state index is 0.177. The van der Waals surface area contributed by atoms with Crippen molar-refractivity contribution in [3.8, 4) is 0 Å². The fraction of sp³-hybridized carbons (Fsp3) is 0.923. The lowest BCUT2D eigenvalue weighted by Gasteiger charge is -2.41. The van der Waals surface area contributed by atoms with Crippen LogP contribution in [0.25, 0.3) is 0 Å². The summed E-state index contributed by atoms with van der Waals surface area (Å²) in [6.45, 7) is 9.79. The van der Waals surface area contributed by atoms with Crippen LogP contribution in [-0.4, -0.2) is 74.0 Å². The van der Waals surface area contributed by atoms with Gasteiger partial charge in [0.1, 0.15) is 5.60 Å². The van der Waals surface area contributed by atoms with Gasteiger partial charge >= 0.3 is 6.09 Å². The van der Waals surface area contributed by atoms with Gasteiger partial charge in [-0.15, -0.1) is 0 Å². The minimum atomic E-state index is -0.456. The zero-order valence-electron chi connectivity index (χ0n) is 12.5. The van der Waals surface area contributed by atoms with Crippen molar-refractivity contribution in [2.24, 2.45) is 5.73 Å². The van der Waals surface area contributed by atoms with Crippen molar-refractivity contribution in [1.29, 1.82) is 0 Å². The molecule has 1 fully saturated rings. The summed E-state index contributed by atoms with van der Waals surface area (Å²) in [6, 6.07) is 0.177. The molecule has 6 nitrogen and oxygen atoms in total. The molecule has 0 aromatic heterocycles. The van der Waals surface area contributed by atoms with E-state index in [0.29, 0.717) is 26.2 Å². The number of piperazine rings is 1. The lowest BCUT2D eigenvalue weighted by atomic mass is 10.1. The molecule has 2 N–H and O–H groups in total. The number of carbonyl (C=O) groups is 1. The number of nitrogens with zero attached hydrogens (tertiary/aromatic N) is 2. The Kier molecular flexibility index (Phi) is 6.03. The van der Waals surface area contributed by atoms with Gasteiger partial charge in [-0.05, 0) is 20.8 Å². The lowest BCUT2D eigenvalue weighted by molar-refractivity contribution is 0.00141. The summed E-state index contributed by atoms with van der Waals surface area (Å²) in [6.07, 6.45) is -0.252. The predicted octanol–water partition coefficient (Wildman–Crippen LogP) is 0.513. The molecule has 19 heavy (non-hydrogen) atoms.